The third-order valence-corrected chi connectivity index (χ3v) is 9.60. The third-order valence-electron chi connectivity index (χ3n) is 5.38. The van der Waals surface area contributed by atoms with E-state index in [1.165, 1.54) is 10.9 Å². The number of benzene rings is 2. The molecule has 0 saturated carbocycles. The van der Waals surface area contributed by atoms with Crippen LogP contribution >= 0.6 is 19.6 Å². The van der Waals surface area contributed by atoms with E-state index in [-0.39, 0.29) is 0 Å². The molecule has 8 heteroatoms. The molecular formula is C22H29N4O2PS. The predicted octanol–water partition coefficient (Wildman–Crippen LogP) is 3.08. The van der Waals surface area contributed by atoms with Crippen molar-refractivity contribution in [3.05, 3.63) is 66.2 Å². The number of rotatable bonds is 5. The highest BCUT2D eigenvalue weighted by Crippen LogP contribution is 2.56. The van der Waals surface area contributed by atoms with Crippen LogP contribution in [0, 0.1) is 0 Å². The smallest absolute Gasteiger partial charge is 0.194 e. The van der Waals surface area contributed by atoms with Gasteiger partial charge in [-0.3, -0.25) is 0 Å². The highest BCUT2D eigenvalue weighted by atomic mass is 32.1. The molecule has 0 atom stereocenters. The zero-order chi connectivity index (χ0) is 20.7. The van der Waals surface area contributed by atoms with Gasteiger partial charge in [-0.15, -0.1) is 0 Å². The molecule has 6 nitrogen and oxygen atoms in total. The summed E-state index contributed by atoms with van der Waals surface area (Å²) in [7, 11) is -2.25. The van der Waals surface area contributed by atoms with Crippen LogP contribution in [0.15, 0.2) is 65.4 Å². The predicted molar refractivity (Wildman–Crippen MR) is 126 cm³/mol. The normalized spacial score (nSPS) is 18.7. The summed E-state index contributed by atoms with van der Waals surface area (Å²) >= 11 is 5.77. The van der Waals surface area contributed by atoms with E-state index in [9.17, 15) is 0 Å². The fourth-order valence-corrected chi connectivity index (χ4v) is 8.05. The van der Waals surface area contributed by atoms with Crippen molar-refractivity contribution in [3.8, 4) is 0 Å². The summed E-state index contributed by atoms with van der Waals surface area (Å²) in [6.45, 7) is 6.96. The van der Waals surface area contributed by atoms with Crippen molar-refractivity contribution in [2.24, 2.45) is 4.74 Å². The molecule has 1 N–H and O–H groups in total. The van der Waals surface area contributed by atoms with Crippen LogP contribution in [0.25, 0.3) is 0 Å². The van der Waals surface area contributed by atoms with Gasteiger partial charge in [0, 0.05) is 38.0 Å². The Balaban J connectivity index is 1.72. The number of morpholine rings is 2. The van der Waals surface area contributed by atoms with E-state index >= 15 is 0 Å². The lowest BCUT2D eigenvalue weighted by Gasteiger charge is -2.46. The van der Waals surface area contributed by atoms with Crippen molar-refractivity contribution in [1.82, 2.24) is 14.7 Å². The summed E-state index contributed by atoms with van der Waals surface area (Å²) in [5, 5.41) is 5.18. The Morgan fingerprint density at radius 2 is 1.33 bits per heavy atom. The Labute approximate surface area is 184 Å². The molecule has 4 rings (SSSR count). The summed E-state index contributed by atoms with van der Waals surface area (Å²) in [6.07, 6.45) is 0. The lowest BCUT2D eigenvalue weighted by atomic mass is 10.2. The zero-order valence-corrected chi connectivity index (χ0v) is 18.9. The van der Waals surface area contributed by atoms with Gasteiger partial charge in [0.25, 0.3) is 0 Å². The van der Waals surface area contributed by atoms with Crippen LogP contribution in [0.5, 0.6) is 0 Å². The van der Waals surface area contributed by atoms with Crippen molar-refractivity contribution in [3.63, 3.8) is 0 Å². The molecule has 0 aliphatic carbocycles. The molecule has 2 saturated heterocycles. The van der Waals surface area contributed by atoms with E-state index < -0.39 is 7.36 Å². The zero-order valence-electron chi connectivity index (χ0n) is 17.2. The lowest BCUT2D eigenvalue weighted by molar-refractivity contribution is 0.0579. The van der Waals surface area contributed by atoms with Crippen molar-refractivity contribution in [2.75, 3.05) is 52.6 Å². The van der Waals surface area contributed by atoms with Gasteiger partial charge in [-0.25, -0.2) is 14.1 Å². The topological polar surface area (TPSA) is 49.3 Å². The van der Waals surface area contributed by atoms with Crippen LogP contribution in [0.1, 0.15) is 5.56 Å². The minimum Gasteiger partial charge on any atom is -0.379 e. The van der Waals surface area contributed by atoms with Crippen LogP contribution in [0.4, 0.5) is 0 Å². The molecule has 2 aliphatic rings. The Hall–Kier alpha value is -1.60. The second kappa shape index (κ2) is 10.6. The molecular weight excluding hydrogens is 415 g/mol. The van der Waals surface area contributed by atoms with Gasteiger partial charge in [-0.2, -0.15) is 0 Å². The SMILES string of the molecule is S=C(N=P(c1ccccc1)(N1CCOCC1)N1CCOCC1)NCc1ccccc1. The fourth-order valence-electron chi connectivity index (χ4n) is 3.92. The largest absolute Gasteiger partial charge is 0.379 e. The third kappa shape index (κ3) is 4.99. The highest BCUT2D eigenvalue weighted by molar-refractivity contribution is 7.81. The standard InChI is InChI=1S/C22H29N4O2PS/c30-22(23-19-20-7-3-1-4-8-20)24-29(21-9-5-2-6-10-21,25-11-15-27-16-12-25)26-13-17-28-18-14-26/h1-10H,11-19H2,(H,23,30). The molecule has 0 bridgehead atoms. The summed E-state index contributed by atoms with van der Waals surface area (Å²) in [5.74, 6) is 0. The molecule has 2 aromatic rings. The Kier molecular flexibility index (Phi) is 7.66. The van der Waals surface area contributed by atoms with Crippen LogP contribution in [-0.4, -0.2) is 67.1 Å². The Morgan fingerprint density at radius 3 is 1.87 bits per heavy atom. The fraction of sp³-hybridized carbons (Fsp3) is 0.409. The van der Waals surface area contributed by atoms with Gasteiger partial charge in [-0.1, -0.05) is 60.7 Å². The van der Waals surface area contributed by atoms with Crippen molar-refractivity contribution in [2.45, 2.75) is 6.54 Å². The summed E-state index contributed by atoms with van der Waals surface area (Å²) in [6, 6.07) is 20.9. The average molecular weight is 445 g/mol. The van der Waals surface area contributed by atoms with Gasteiger partial charge in [-0.05, 0) is 17.8 Å². The highest BCUT2D eigenvalue weighted by Gasteiger charge is 2.38. The summed E-state index contributed by atoms with van der Waals surface area (Å²) in [5.41, 5.74) is 1.19. The first-order valence-electron chi connectivity index (χ1n) is 10.4. The molecule has 2 heterocycles. The Morgan fingerprint density at radius 1 is 0.833 bits per heavy atom. The minimum atomic E-state index is -2.25. The van der Waals surface area contributed by atoms with Crippen LogP contribution in [0.2, 0.25) is 0 Å². The molecule has 0 spiro atoms. The van der Waals surface area contributed by atoms with E-state index in [0.29, 0.717) is 11.7 Å². The molecule has 160 valence electrons. The van der Waals surface area contributed by atoms with Crippen molar-refractivity contribution in [1.29, 1.82) is 0 Å². The van der Waals surface area contributed by atoms with E-state index in [4.69, 9.17) is 26.4 Å². The first kappa shape index (κ1) is 21.6. The summed E-state index contributed by atoms with van der Waals surface area (Å²) < 4.78 is 21.7. The lowest BCUT2D eigenvalue weighted by Crippen LogP contribution is -2.46. The number of hydrogen-bond acceptors (Lipinski definition) is 3. The van der Waals surface area contributed by atoms with Gasteiger partial charge in [0.2, 0.25) is 0 Å². The number of nitrogens with zero attached hydrogens (tertiary/aromatic N) is 3. The first-order valence-corrected chi connectivity index (χ1v) is 12.5. The second-order valence-corrected chi connectivity index (χ2v) is 10.7. The number of ether oxygens (including phenoxy) is 2. The quantitative estimate of drug-likeness (QED) is 0.565. The molecule has 0 aromatic heterocycles. The van der Waals surface area contributed by atoms with E-state index in [1.54, 1.807) is 0 Å². The maximum absolute atomic E-state index is 5.77. The molecule has 30 heavy (non-hydrogen) atoms. The van der Waals surface area contributed by atoms with Crippen LogP contribution in [0.3, 0.4) is 0 Å². The summed E-state index contributed by atoms with van der Waals surface area (Å²) in [4.78, 5) is 0. The molecule has 2 fully saturated rings. The van der Waals surface area contributed by atoms with E-state index in [2.05, 4.69) is 57.1 Å². The monoisotopic (exact) mass is 444 g/mol. The Bertz CT molecular complexity index is 847. The molecule has 2 aromatic carbocycles. The first-order chi connectivity index (χ1) is 14.8. The number of nitrogens with one attached hydrogen (secondary N) is 1. The van der Waals surface area contributed by atoms with Gasteiger partial charge >= 0.3 is 0 Å². The molecule has 2 aliphatic heterocycles. The second-order valence-electron chi connectivity index (χ2n) is 7.28. The van der Waals surface area contributed by atoms with Crippen LogP contribution < -0.4 is 10.6 Å². The minimum absolute atomic E-state index is 0.564. The maximum atomic E-state index is 5.77. The van der Waals surface area contributed by atoms with E-state index in [0.717, 1.165) is 52.6 Å². The number of thiocarbonyl (C=S) groups is 1. The van der Waals surface area contributed by atoms with Gasteiger partial charge in [0.15, 0.2) is 5.11 Å². The van der Waals surface area contributed by atoms with E-state index in [1.807, 2.05) is 18.2 Å². The molecule has 0 radical (unpaired) electrons. The van der Waals surface area contributed by atoms with Crippen molar-refractivity contribution >= 4 is 30.0 Å². The van der Waals surface area contributed by atoms with Gasteiger partial charge in [0.1, 0.15) is 7.36 Å². The average Bonchev–Trinajstić information content (AvgIpc) is 2.83. The maximum Gasteiger partial charge on any atom is 0.194 e. The van der Waals surface area contributed by atoms with Gasteiger partial charge in [0.05, 0.1) is 26.4 Å². The van der Waals surface area contributed by atoms with Gasteiger partial charge < -0.3 is 14.8 Å². The molecule has 0 amide bonds. The molecule has 0 unspecified atom stereocenters. The number of hydrogen-bond donors (Lipinski definition) is 1. The van der Waals surface area contributed by atoms with Crippen molar-refractivity contribution < 1.29 is 9.47 Å². The van der Waals surface area contributed by atoms with Crippen LogP contribution in [-0.2, 0) is 16.0 Å².